The number of rotatable bonds is 0. The Morgan fingerprint density at radius 2 is 2.33 bits per heavy atom. The van der Waals surface area contributed by atoms with E-state index in [2.05, 4.69) is 16.7 Å². The number of hydrogen-bond acceptors (Lipinski definition) is 4. The zero-order chi connectivity index (χ0) is 8.77. The molecule has 4 nitrogen and oxygen atoms in total. The number of hydrogen-bond donors (Lipinski definition) is 2. The fraction of sp³-hybridized carbons (Fsp3) is 0. The smallest absolute Gasteiger partial charge is 0.254 e. The first-order chi connectivity index (χ1) is 5.59. The lowest BCUT2D eigenvalue weighted by molar-refractivity contribution is 0.589. The molecular weight excluding hydrogens is 220 g/mol. The Labute approximate surface area is 78.6 Å². The number of anilines is 1. The van der Waals surface area contributed by atoms with Gasteiger partial charge in [-0.15, -0.1) is 11.3 Å². The summed E-state index contributed by atoms with van der Waals surface area (Å²) in [5.41, 5.74) is 0.476. The van der Waals surface area contributed by atoms with Crippen LogP contribution in [0.5, 0.6) is 0 Å². The van der Waals surface area contributed by atoms with Crippen LogP contribution in [0.15, 0.2) is 10.3 Å². The van der Waals surface area contributed by atoms with Crippen molar-refractivity contribution in [2.24, 2.45) is 0 Å². The Morgan fingerprint density at radius 1 is 1.58 bits per heavy atom. The van der Waals surface area contributed by atoms with Gasteiger partial charge in [-0.25, -0.2) is 8.42 Å². The SMILES string of the molecule is O=S1(=O)N[C]Nc2cc(Cl)sc21. The van der Waals surface area contributed by atoms with Crippen LogP contribution < -0.4 is 10.0 Å². The topological polar surface area (TPSA) is 58.2 Å². The zero-order valence-electron chi connectivity index (χ0n) is 5.59. The minimum Gasteiger partial charge on any atom is -0.358 e. The van der Waals surface area contributed by atoms with Gasteiger partial charge in [-0.2, -0.15) is 4.72 Å². The second-order valence-corrected chi connectivity index (χ2v) is 5.67. The third-order valence-corrected chi connectivity index (χ3v) is 4.34. The van der Waals surface area contributed by atoms with Gasteiger partial charge in [-0.3, -0.25) is 0 Å². The molecular formula is C5H3ClN2O2S2. The van der Waals surface area contributed by atoms with Gasteiger partial charge in [0, 0.05) is 0 Å². The van der Waals surface area contributed by atoms with E-state index in [4.69, 9.17) is 11.6 Å². The van der Waals surface area contributed by atoms with E-state index in [-0.39, 0.29) is 4.21 Å². The molecule has 0 atom stereocenters. The van der Waals surface area contributed by atoms with Crippen LogP contribution in [0.3, 0.4) is 0 Å². The average Bonchev–Trinajstić information content (AvgIpc) is 2.30. The minimum atomic E-state index is -3.41. The fourth-order valence-electron chi connectivity index (χ4n) is 0.839. The summed E-state index contributed by atoms with van der Waals surface area (Å²) >= 11 is 6.65. The van der Waals surface area contributed by atoms with Gasteiger partial charge in [0.05, 0.1) is 10.0 Å². The molecule has 0 fully saturated rings. The highest BCUT2D eigenvalue weighted by atomic mass is 35.5. The summed E-state index contributed by atoms with van der Waals surface area (Å²) in [6, 6.07) is 1.55. The van der Waals surface area contributed by atoms with Crippen LogP contribution in [0.1, 0.15) is 0 Å². The number of halogens is 1. The van der Waals surface area contributed by atoms with Crippen LogP contribution in [0, 0.1) is 6.67 Å². The molecule has 1 aromatic heterocycles. The normalized spacial score (nSPS) is 19.8. The maximum atomic E-state index is 11.2. The summed E-state index contributed by atoms with van der Waals surface area (Å²) in [6.45, 7) is 2.30. The summed E-state index contributed by atoms with van der Waals surface area (Å²) < 4.78 is 25.2. The van der Waals surface area contributed by atoms with Crippen molar-refractivity contribution in [3.8, 4) is 0 Å². The molecule has 2 rings (SSSR count). The molecule has 2 N–H and O–H groups in total. The van der Waals surface area contributed by atoms with Crippen LogP contribution in [-0.4, -0.2) is 8.42 Å². The largest absolute Gasteiger partial charge is 0.358 e. The van der Waals surface area contributed by atoms with Gasteiger partial charge in [0.25, 0.3) is 10.0 Å². The highest BCUT2D eigenvalue weighted by Crippen LogP contribution is 2.36. The van der Waals surface area contributed by atoms with Crippen molar-refractivity contribution in [3.05, 3.63) is 17.1 Å². The molecule has 1 aromatic rings. The zero-order valence-corrected chi connectivity index (χ0v) is 7.98. The van der Waals surface area contributed by atoms with Gasteiger partial charge in [0.1, 0.15) is 0 Å². The van der Waals surface area contributed by atoms with Crippen LogP contribution in [0.4, 0.5) is 5.69 Å². The minimum absolute atomic E-state index is 0.200. The highest BCUT2D eigenvalue weighted by Gasteiger charge is 2.26. The number of nitrogens with one attached hydrogen (secondary N) is 2. The number of fused-ring (bicyclic) bond motifs is 1. The second kappa shape index (κ2) is 2.59. The van der Waals surface area contributed by atoms with E-state index in [0.717, 1.165) is 11.3 Å². The number of sulfonamides is 1. The quantitative estimate of drug-likeness (QED) is 0.691. The van der Waals surface area contributed by atoms with E-state index >= 15 is 0 Å². The van der Waals surface area contributed by atoms with Crippen molar-refractivity contribution < 1.29 is 8.42 Å². The van der Waals surface area contributed by atoms with E-state index in [0.29, 0.717) is 10.0 Å². The van der Waals surface area contributed by atoms with Gasteiger partial charge in [0.15, 0.2) is 10.9 Å². The molecule has 12 heavy (non-hydrogen) atoms. The first-order valence-electron chi connectivity index (χ1n) is 2.92. The molecule has 0 spiro atoms. The monoisotopic (exact) mass is 222 g/mol. The Hall–Kier alpha value is -0.300. The van der Waals surface area contributed by atoms with Crippen molar-refractivity contribution in [1.82, 2.24) is 4.72 Å². The fourth-order valence-corrected chi connectivity index (χ4v) is 3.40. The predicted octanol–water partition coefficient (Wildman–Crippen LogP) is 1.10. The first-order valence-corrected chi connectivity index (χ1v) is 5.59. The average molecular weight is 223 g/mol. The van der Waals surface area contributed by atoms with E-state index in [9.17, 15) is 8.42 Å². The molecule has 0 aliphatic carbocycles. The van der Waals surface area contributed by atoms with E-state index < -0.39 is 10.0 Å². The molecule has 0 saturated carbocycles. The molecule has 0 bridgehead atoms. The number of thiophene rings is 1. The van der Waals surface area contributed by atoms with Crippen molar-refractivity contribution >= 4 is 38.6 Å². The summed E-state index contributed by atoms with van der Waals surface area (Å²) in [7, 11) is -3.41. The Kier molecular flexibility index (Phi) is 1.80. The standard InChI is InChI=1S/C5H3ClN2O2S2/c6-4-1-3-5(11-4)12(9,10)8-2-7-3/h1,7-8H. The summed E-state index contributed by atoms with van der Waals surface area (Å²) in [5.74, 6) is 0. The molecule has 1 aliphatic rings. The molecule has 2 radical (unpaired) electrons. The van der Waals surface area contributed by atoms with Crippen LogP contribution in [0.25, 0.3) is 0 Å². The molecule has 64 valence electrons. The highest BCUT2D eigenvalue weighted by molar-refractivity contribution is 7.92. The molecule has 1 aliphatic heterocycles. The summed E-state index contributed by atoms with van der Waals surface area (Å²) in [5, 5.41) is 2.62. The van der Waals surface area contributed by atoms with Crippen LogP contribution in [-0.2, 0) is 10.0 Å². The van der Waals surface area contributed by atoms with Gasteiger partial charge < -0.3 is 5.32 Å². The van der Waals surface area contributed by atoms with Gasteiger partial charge in [0.2, 0.25) is 0 Å². The second-order valence-electron chi connectivity index (χ2n) is 2.11. The van der Waals surface area contributed by atoms with Crippen molar-refractivity contribution in [3.63, 3.8) is 0 Å². The third kappa shape index (κ3) is 1.20. The molecule has 0 saturated heterocycles. The Bertz CT molecular complexity index is 411. The maximum Gasteiger partial charge on any atom is 0.254 e. The lowest BCUT2D eigenvalue weighted by atomic mass is 10.5. The molecule has 2 heterocycles. The van der Waals surface area contributed by atoms with Crippen molar-refractivity contribution in [1.29, 1.82) is 0 Å². The lowest BCUT2D eigenvalue weighted by Crippen LogP contribution is -2.28. The van der Waals surface area contributed by atoms with E-state index in [1.807, 2.05) is 0 Å². The van der Waals surface area contributed by atoms with Crippen LogP contribution in [0.2, 0.25) is 4.34 Å². The maximum absolute atomic E-state index is 11.2. The van der Waals surface area contributed by atoms with Gasteiger partial charge >= 0.3 is 0 Å². The molecule has 0 amide bonds. The third-order valence-electron chi connectivity index (χ3n) is 1.29. The molecule has 7 heteroatoms. The van der Waals surface area contributed by atoms with Gasteiger partial charge in [-0.05, 0) is 6.07 Å². The van der Waals surface area contributed by atoms with Crippen LogP contribution >= 0.6 is 22.9 Å². The molecule has 0 aromatic carbocycles. The van der Waals surface area contributed by atoms with Crippen molar-refractivity contribution in [2.45, 2.75) is 4.21 Å². The lowest BCUT2D eigenvalue weighted by Gasteiger charge is -2.12. The van der Waals surface area contributed by atoms with E-state index in [1.54, 1.807) is 6.07 Å². The van der Waals surface area contributed by atoms with Crippen molar-refractivity contribution in [2.75, 3.05) is 5.32 Å². The molecule has 0 unspecified atom stereocenters. The Balaban J connectivity index is 2.67. The first kappa shape index (κ1) is 8.31. The summed E-state index contributed by atoms with van der Waals surface area (Å²) in [6.07, 6.45) is 0. The van der Waals surface area contributed by atoms with Gasteiger partial charge in [-0.1, -0.05) is 11.6 Å². The Morgan fingerprint density at radius 3 is 3.00 bits per heavy atom. The van der Waals surface area contributed by atoms with E-state index in [1.165, 1.54) is 0 Å². The predicted molar refractivity (Wildman–Crippen MR) is 46.5 cm³/mol. The summed E-state index contributed by atoms with van der Waals surface area (Å²) in [4.78, 5) is 0.